The van der Waals surface area contributed by atoms with Crippen molar-refractivity contribution in [3.8, 4) is 0 Å². The van der Waals surface area contributed by atoms with E-state index in [-0.39, 0.29) is 28.8 Å². The van der Waals surface area contributed by atoms with Crippen LogP contribution in [-0.4, -0.2) is 22.8 Å². The predicted molar refractivity (Wildman–Crippen MR) is 83.1 cm³/mol. The second-order valence-corrected chi connectivity index (χ2v) is 8.96. The number of hydrogen-bond donors (Lipinski definition) is 1. The first-order valence-corrected chi connectivity index (χ1v) is 9.10. The third-order valence-corrected chi connectivity index (χ3v) is 8.15. The second-order valence-electron chi connectivity index (χ2n) is 8.96. The molecule has 0 spiro atoms. The van der Waals surface area contributed by atoms with Crippen LogP contribution in [0.3, 0.4) is 0 Å². The van der Waals surface area contributed by atoms with E-state index in [0.29, 0.717) is 36.2 Å². The SMILES string of the molecule is C[C@@]12CC[C@@H](O)C[C@@H]1CC(=O)[C@H]1[C@H]2CC[C@]2(C)C(=O)CC[C@H]12. The lowest BCUT2D eigenvalue weighted by Crippen LogP contribution is -2.57. The summed E-state index contributed by atoms with van der Waals surface area (Å²) in [6.45, 7) is 4.49. The lowest BCUT2D eigenvalue weighted by atomic mass is 9.45. The van der Waals surface area contributed by atoms with E-state index in [1.54, 1.807) is 0 Å². The Morgan fingerprint density at radius 3 is 2.59 bits per heavy atom. The largest absolute Gasteiger partial charge is 0.393 e. The molecule has 4 rings (SSSR count). The third kappa shape index (κ3) is 1.78. The first-order valence-electron chi connectivity index (χ1n) is 9.10. The molecule has 22 heavy (non-hydrogen) atoms. The van der Waals surface area contributed by atoms with Crippen molar-refractivity contribution in [2.45, 2.75) is 71.3 Å². The van der Waals surface area contributed by atoms with E-state index in [4.69, 9.17) is 0 Å². The number of hydrogen-bond acceptors (Lipinski definition) is 3. The number of ketones is 2. The average molecular weight is 304 g/mol. The molecule has 7 atom stereocenters. The van der Waals surface area contributed by atoms with Crippen LogP contribution in [0.1, 0.15) is 65.2 Å². The Morgan fingerprint density at radius 1 is 1.05 bits per heavy atom. The zero-order valence-electron chi connectivity index (χ0n) is 13.8. The molecule has 4 fully saturated rings. The van der Waals surface area contributed by atoms with Crippen molar-refractivity contribution in [3.05, 3.63) is 0 Å². The van der Waals surface area contributed by atoms with Gasteiger partial charge in [0.15, 0.2) is 0 Å². The lowest BCUT2D eigenvalue weighted by Gasteiger charge is -2.59. The topological polar surface area (TPSA) is 54.4 Å². The molecule has 4 saturated carbocycles. The minimum absolute atomic E-state index is 0.113. The zero-order valence-corrected chi connectivity index (χ0v) is 13.8. The van der Waals surface area contributed by atoms with Crippen molar-refractivity contribution in [1.29, 1.82) is 0 Å². The minimum Gasteiger partial charge on any atom is -0.393 e. The van der Waals surface area contributed by atoms with Gasteiger partial charge in [-0.3, -0.25) is 9.59 Å². The number of rotatable bonds is 0. The number of carbonyl (C=O) groups excluding carboxylic acids is 2. The summed E-state index contributed by atoms with van der Waals surface area (Å²) in [6.07, 6.45) is 6.73. The smallest absolute Gasteiger partial charge is 0.139 e. The van der Waals surface area contributed by atoms with E-state index in [1.807, 2.05) is 0 Å². The number of aliphatic hydroxyl groups excluding tert-OH is 1. The molecule has 0 bridgehead atoms. The van der Waals surface area contributed by atoms with Gasteiger partial charge in [0.05, 0.1) is 6.10 Å². The highest BCUT2D eigenvalue weighted by molar-refractivity contribution is 5.90. The molecule has 0 saturated heterocycles. The normalized spacial score (nSPS) is 54.6. The summed E-state index contributed by atoms with van der Waals surface area (Å²) in [5.74, 6) is 1.99. The predicted octanol–water partition coefficient (Wildman–Crippen LogP) is 3.14. The fourth-order valence-corrected chi connectivity index (χ4v) is 6.68. The Bertz CT molecular complexity index is 527. The van der Waals surface area contributed by atoms with Crippen LogP contribution in [-0.2, 0) is 9.59 Å². The van der Waals surface area contributed by atoms with Crippen molar-refractivity contribution >= 4 is 11.6 Å². The quantitative estimate of drug-likeness (QED) is 0.748. The molecule has 0 aromatic rings. The molecule has 0 aliphatic heterocycles. The maximum Gasteiger partial charge on any atom is 0.139 e. The molecular formula is C19H28O3. The Balaban J connectivity index is 1.70. The molecule has 0 radical (unpaired) electrons. The van der Waals surface area contributed by atoms with Gasteiger partial charge in [0.2, 0.25) is 0 Å². The second kappa shape index (κ2) is 4.66. The van der Waals surface area contributed by atoms with E-state index in [2.05, 4.69) is 13.8 Å². The van der Waals surface area contributed by atoms with E-state index in [0.717, 1.165) is 38.5 Å². The van der Waals surface area contributed by atoms with E-state index >= 15 is 0 Å². The zero-order chi connectivity index (χ0) is 15.7. The van der Waals surface area contributed by atoms with Crippen molar-refractivity contribution in [2.75, 3.05) is 0 Å². The fourth-order valence-electron chi connectivity index (χ4n) is 6.68. The summed E-state index contributed by atoms with van der Waals surface area (Å²) < 4.78 is 0. The molecule has 4 aliphatic rings. The van der Waals surface area contributed by atoms with Gasteiger partial charge in [-0.2, -0.15) is 0 Å². The van der Waals surface area contributed by atoms with Crippen molar-refractivity contribution in [2.24, 2.45) is 34.5 Å². The molecular weight excluding hydrogens is 276 g/mol. The van der Waals surface area contributed by atoms with Crippen molar-refractivity contribution in [3.63, 3.8) is 0 Å². The van der Waals surface area contributed by atoms with Crippen LogP contribution >= 0.6 is 0 Å². The van der Waals surface area contributed by atoms with Crippen molar-refractivity contribution < 1.29 is 14.7 Å². The summed E-state index contributed by atoms with van der Waals surface area (Å²) in [5, 5.41) is 10.0. The van der Waals surface area contributed by atoms with Gasteiger partial charge in [0.1, 0.15) is 11.6 Å². The summed E-state index contributed by atoms with van der Waals surface area (Å²) in [6, 6.07) is 0. The molecule has 3 heteroatoms. The van der Waals surface area contributed by atoms with Gasteiger partial charge in [0, 0.05) is 24.2 Å². The van der Waals surface area contributed by atoms with Crippen LogP contribution in [0.25, 0.3) is 0 Å². The molecule has 122 valence electrons. The molecule has 4 aliphatic carbocycles. The number of carbonyl (C=O) groups is 2. The van der Waals surface area contributed by atoms with Crippen LogP contribution < -0.4 is 0 Å². The lowest BCUT2D eigenvalue weighted by molar-refractivity contribution is -0.160. The van der Waals surface area contributed by atoms with Crippen molar-refractivity contribution in [1.82, 2.24) is 0 Å². The van der Waals surface area contributed by atoms with Crippen LogP contribution in [0.4, 0.5) is 0 Å². The van der Waals surface area contributed by atoms with Gasteiger partial charge in [-0.15, -0.1) is 0 Å². The van der Waals surface area contributed by atoms with Gasteiger partial charge < -0.3 is 5.11 Å². The monoisotopic (exact) mass is 304 g/mol. The van der Waals surface area contributed by atoms with Gasteiger partial charge in [-0.05, 0) is 61.7 Å². The molecule has 0 unspecified atom stereocenters. The summed E-state index contributed by atoms with van der Waals surface area (Å²) >= 11 is 0. The Kier molecular flexibility index (Phi) is 3.15. The number of fused-ring (bicyclic) bond motifs is 5. The Hall–Kier alpha value is -0.700. The fraction of sp³-hybridized carbons (Fsp3) is 0.895. The maximum absolute atomic E-state index is 12.9. The highest BCUT2D eigenvalue weighted by Gasteiger charge is 2.62. The summed E-state index contributed by atoms with van der Waals surface area (Å²) in [7, 11) is 0. The highest BCUT2D eigenvalue weighted by Crippen LogP contribution is 2.64. The Labute approximate surface area is 132 Å². The van der Waals surface area contributed by atoms with Crippen LogP contribution in [0, 0.1) is 34.5 Å². The minimum atomic E-state index is -0.228. The van der Waals surface area contributed by atoms with Gasteiger partial charge in [-0.25, -0.2) is 0 Å². The number of aliphatic hydroxyl groups is 1. The van der Waals surface area contributed by atoms with Crippen LogP contribution in [0.15, 0.2) is 0 Å². The molecule has 0 amide bonds. The summed E-state index contributed by atoms with van der Waals surface area (Å²) in [5.41, 5.74) is -0.0288. The van der Waals surface area contributed by atoms with Gasteiger partial charge in [-0.1, -0.05) is 13.8 Å². The van der Waals surface area contributed by atoms with E-state index < -0.39 is 0 Å². The highest BCUT2D eigenvalue weighted by atomic mass is 16.3. The average Bonchev–Trinajstić information content (AvgIpc) is 2.77. The number of Topliss-reactive ketones (excluding diaryl/α,β-unsaturated/α-hetero) is 2. The summed E-state index contributed by atoms with van der Waals surface area (Å²) in [4.78, 5) is 25.3. The van der Waals surface area contributed by atoms with Crippen LogP contribution in [0.5, 0.6) is 0 Å². The van der Waals surface area contributed by atoms with Gasteiger partial charge >= 0.3 is 0 Å². The third-order valence-electron chi connectivity index (χ3n) is 8.15. The van der Waals surface area contributed by atoms with E-state index in [9.17, 15) is 14.7 Å². The molecule has 0 heterocycles. The molecule has 0 aromatic carbocycles. The van der Waals surface area contributed by atoms with Crippen LogP contribution in [0.2, 0.25) is 0 Å². The standard InChI is InChI=1S/C19H28O3/c1-18-7-5-12(20)9-11(18)10-15(21)17-13-3-4-16(22)19(13,2)8-6-14(17)18/h11-14,17,20H,3-10H2,1-2H3/t11-,12-,13-,14-,17-,18-,19+/m1/s1. The first kappa shape index (κ1) is 14.9. The molecule has 0 aromatic heterocycles. The molecule has 3 nitrogen and oxygen atoms in total. The van der Waals surface area contributed by atoms with Gasteiger partial charge in [0.25, 0.3) is 0 Å². The Morgan fingerprint density at radius 2 is 1.82 bits per heavy atom. The molecule has 1 N–H and O–H groups in total. The van der Waals surface area contributed by atoms with E-state index in [1.165, 1.54) is 0 Å². The first-order chi connectivity index (χ1) is 10.4. The maximum atomic E-state index is 12.9.